The second-order valence-electron chi connectivity index (χ2n) is 8.21. The molecule has 0 bridgehead atoms. The maximum Gasteiger partial charge on any atom is 0.255 e. The second-order valence-corrected chi connectivity index (χ2v) is 9.06. The lowest BCUT2D eigenvalue weighted by atomic mass is 9.88. The molecule has 0 spiro atoms. The minimum absolute atomic E-state index is 0.0686. The smallest absolute Gasteiger partial charge is 0.255 e. The van der Waals surface area contributed by atoms with Gasteiger partial charge in [-0.3, -0.25) is 9.59 Å². The van der Waals surface area contributed by atoms with Crippen LogP contribution >= 0.6 is 15.9 Å². The van der Waals surface area contributed by atoms with Gasteiger partial charge in [0.15, 0.2) is 0 Å². The first-order valence-electron chi connectivity index (χ1n) is 10.6. The van der Waals surface area contributed by atoms with E-state index < -0.39 is 0 Å². The molecule has 160 valence electrons. The Morgan fingerprint density at radius 3 is 2.40 bits per heavy atom. The Morgan fingerprint density at radius 2 is 1.73 bits per heavy atom. The number of nitrogens with one attached hydrogen (secondary N) is 2. The minimum Gasteiger partial charge on any atom is -0.492 e. The van der Waals surface area contributed by atoms with Crippen LogP contribution in [0.4, 0.5) is 11.4 Å². The minimum atomic E-state index is -0.220. The van der Waals surface area contributed by atoms with Crippen molar-refractivity contribution in [2.24, 2.45) is 11.8 Å². The fraction of sp³-hybridized carbons (Fsp3) is 0.417. The predicted octanol–water partition coefficient (Wildman–Crippen LogP) is 6.26. The number of benzene rings is 2. The lowest BCUT2D eigenvalue weighted by Gasteiger charge is -2.20. The summed E-state index contributed by atoms with van der Waals surface area (Å²) in [5, 5.41) is 5.89. The molecule has 0 unspecified atom stereocenters. The van der Waals surface area contributed by atoms with E-state index in [1.54, 1.807) is 24.3 Å². The standard InChI is InChI=1S/C24H29BrN2O3/c1-16(2)15-30-22-12-11-18(13-21(22)25)24(29)27-20-10-6-9-19(14-20)26-23(28)17-7-4-3-5-8-17/h6,9-14,16-17H,3-5,7-8,15H2,1-2H3,(H,26,28)(H,27,29). The van der Waals surface area contributed by atoms with Crippen molar-refractivity contribution in [1.29, 1.82) is 0 Å². The first-order chi connectivity index (χ1) is 14.4. The summed E-state index contributed by atoms with van der Waals surface area (Å²) in [5.74, 6) is 1.07. The molecule has 1 fully saturated rings. The van der Waals surface area contributed by atoms with Gasteiger partial charge in [-0.2, -0.15) is 0 Å². The summed E-state index contributed by atoms with van der Waals surface area (Å²) in [6.07, 6.45) is 5.35. The van der Waals surface area contributed by atoms with Crippen LogP contribution in [0.2, 0.25) is 0 Å². The molecule has 5 nitrogen and oxygen atoms in total. The molecule has 1 aliphatic rings. The topological polar surface area (TPSA) is 67.4 Å². The normalized spacial score (nSPS) is 14.4. The third-order valence-electron chi connectivity index (χ3n) is 5.13. The van der Waals surface area contributed by atoms with Crippen molar-refractivity contribution < 1.29 is 14.3 Å². The molecule has 2 amide bonds. The van der Waals surface area contributed by atoms with Crippen molar-refractivity contribution in [3.05, 3.63) is 52.5 Å². The molecule has 0 radical (unpaired) electrons. The molecule has 3 rings (SSSR count). The van der Waals surface area contributed by atoms with Gasteiger partial charge in [0, 0.05) is 22.9 Å². The van der Waals surface area contributed by atoms with Crippen LogP contribution in [0, 0.1) is 11.8 Å². The molecule has 6 heteroatoms. The zero-order valence-electron chi connectivity index (χ0n) is 17.5. The molecule has 1 saturated carbocycles. The number of hydrogen-bond donors (Lipinski definition) is 2. The van der Waals surface area contributed by atoms with Crippen LogP contribution in [0.15, 0.2) is 46.9 Å². The molecular formula is C24H29BrN2O3. The molecule has 2 N–H and O–H groups in total. The summed E-state index contributed by atoms with van der Waals surface area (Å²) in [6, 6.07) is 12.5. The van der Waals surface area contributed by atoms with Crippen LogP contribution in [0.1, 0.15) is 56.3 Å². The average molecular weight is 473 g/mol. The number of carbonyl (C=O) groups is 2. The molecule has 30 heavy (non-hydrogen) atoms. The van der Waals surface area contributed by atoms with Crippen LogP contribution in [-0.2, 0) is 4.79 Å². The second kappa shape index (κ2) is 10.6. The Balaban J connectivity index is 1.62. The van der Waals surface area contributed by atoms with Crippen molar-refractivity contribution >= 4 is 39.1 Å². The summed E-state index contributed by atoms with van der Waals surface area (Å²) < 4.78 is 6.48. The van der Waals surface area contributed by atoms with Crippen molar-refractivity contribution in [3.8, 4) is 5.75 Å². The number of carbonyl (C=O) groups excluding carboxylic acids is 2. The Kier molecular flexibility index (Phi) is 7.91. The number of hydrogen-bond acceptors (Lipinski definition) is 3. The van der Waals surface area contributed by atoms with Gasteiger partial charge in [-0.25, -0.2) is 0 Å². The molecule has 0 atom stereocenters. The Labute approximate surface area is 186 Å². The van der Waals surface area contributed by atoms with Gasteiger partial charge in [-0.05, 0) is 71.1 Å². The SMILES string of the molecule is CC(C)COc1ccc(C(=O)Nc2cccc(NC(=O)C3CCCCC3)c2)cc1Br. The first kappa shape index (κ1) is 22.3. The van der Waals surface area contributed by atoms with Gasteiger partial charge in [0.2, 0.25) is 5.91 Å². The molecule has 1 aliphatic carbocycles. The largest absolute Gasteiger partial charge is 0.492 e. The zero-order valence-corrected chi connectivity index (χ0v) is 19.1. The molecule has 2 aromatic rings. The van der Waals surface area contributed by atoms with Crippen LogP contribution in [0.5, 0.6) is 5.75 Å². The summed E-state index contributed by atoms with van der Waals surface area (Å²) in [7, 11) is 0. The molecular weight excluding hydrogens is 444 g/mol. The highest BCUT2D eigenvalue weighted by Gasteiger charge is 2.21. The van der Waals surface area contributed by atoms with Gasteiger partial charge in [0.25, 0.3) is 5.91 Å². The molecule has 2 aromatic carbocycles. The summed E-state index contributed by atoms with van der Waals surface area (Å²) in [6.45, 7) is 4.78. The van der Waals surface area contributed by atoms with E-state index in [0.29, 0.717) is 35.2 Å². The monoisotopic (exact) mass is 472 g/mol. The molecule has 0 aliphatic heterocycles. The van der Waals surface area contributed by atoms with Crippen LogP contribution in [0.3, 0.4) is 0 Å². The van der Waals surface area contributed by atoms with E-state index in [2.05, 4.69) is 40.4 Å². The van der Waals surface area contributed by atoms with Gasteiger partial charge in [0.1, 0.15) is 5.75 Å². The van der Waals surface area contributed by atoms with Crippen molar-refractivity contribution in [2.75, 3.05) is 17.2 Å². The number of amides is 2. The van der Waals surface area contributed by atoms with Gasteiger partial charge >= 0.3 is 0 Å². The summed E-state index contributed by atoms with van der Waals surface area (Å²) >= 11 is 3.47. The van der Waals surface area contributed by atoms with Crippen molar-refractivity contribution in [2.45, 2.75) is 46.0 Å². The number of halogens is 1. The van der Waals surface area contributed by atoms with E-state index in [1.165, 1.54) is 6.42 Å². The summed E-state index contributed by atoms with van der Waals surface area (Å²) in [4.78, 5) is 25.1. The maximum atomic E-state index is 12.7. The lowest BCUT2D eigenvalue weighted by Crippen LogP contribution is -2.24. The maximum absolute atomic E-state index is 12.7. The van der Waals surface area contributed by atoms with Gasteiger partial charge < -0.3 is 15.4 Å². The molecule has 0 aromatic heterocycles. The zero-order chi connectivity index (χ0) is 21.5. The quantitative estimate of drug-likeness (QED) is 0.499. The van der Waals surface area contributed by atoms with Crippen molar-refractivity contribution in [1.82, 2.24) is 0 Å². The first-order valence-corrected chi connectivity index (χ1v) is 11.4. The Bertz CT molecular complexity index is 892. The van der Waals surface area contributed by atoms with Crippen LogP contribution in [-0.4, -0.2) is 18.4 Å². The summed E-state index contributed by atoms with van der Waals surface area (Å²) in [5.41, 5.74) is 1.86. The highest BCUT2D eigenvalue weighted by Crippen LogP contribution is 2.28. The fourth-order valence-electron chi connectivity index (χ4n) is 3.50. The third-order valence-corrected chi connectivity index (χ3v) is 5.75. The number of rotatable bonds is 7. The predicted molar refractivity (Wildman–Crippen MR) is 124 cm³/mol. The average Bonchev–Trinajstić information content (AvgIpc) is 2.73. The van der Waals surface area contributed by atoms with E-state index >= 15 is 0 Å². The van der Waals surface area contributed by atoms with E-state index in [-0.39, 0.29) is 17.7 Å². The number of anilines is 2. The van der Waals surface area contributed by atoms with Gasteiger partial charge in [-0.1, -0.05) is 39.2 Å². The van der Waals surface area contributed by atoms with Crippen LogP contribution < -0.4 is 15.4 Å². The Hall–Kier alpha value is -2.34. The van der Waals surface area contributed by atoms with E-state index in [9.17, 15) is 9.59 Å². The van der Waals surface area contributed by atoms with Crippen molar-refractivity contribution in [3.63, 3.8) is 0 Å². The van der Waals surface area contributed by atoms with E-state index in [0.717, 1.165) is 30.2 Å². The third kappa shape index (κ3) is 6.33. The van der Waals surface area contributed by atoms with E-state index in [4.69, 9.17) is 4.74 Å². The molecule has 0 heterocycles. The number of ether oxygens (including phenoxy) is 1. The lowest BCUT2D eigenvalue weighted by molar-refractivity contribution is -0.120. The highest BCUT2D eigenvalue weighted by molar-refractivity contribution is 9.10. The Morgan fingerprint density at radius 1 is 1.03 bits per heavy atom. The van der Waals surface area contributed by atoms with Gasteiger partial charge in [0.05, 0.1) is 11.1 Å². The van der Waals surface area contributed by atoms with Crippen LogP contribution in [0.25, 0.3) is 0 Å². The van der Waals surface area contributed by atoms with E-state index in [1.807, 2.05) is 18.2 Å². The van der Waals surface area contributed by atoms with Gasteiger partial charge in [-0.15, -0.1) is 0 Å². The molecule has 0 saturated heterocycles. The fourth-order valence-corrected chi connectivity index (χ4v) is 4.00. The highest BCUT2D eigenvalue weighted by atomic mass is 79.9.